The molecule has 150 valence electrons. The number of pyridine rings is 1. The summed E-state index contributed by atoms with van der Waals surface area (Å²) in [5.74, 6) is 1.36. The van der Waals surface area contributed by atoms with Gasteiger partial charge in [-0.15, -0.1) is 16.4 Å². The van der Waals surface area contributed by atoms with Crippen LogP contribution in [0.2, 0.25) is 0 Å². The maximum atomic E-state index is 5.60. The van der Waals surface area contributed by atoms with Crippen LogP contribution in [0, 0.1) is 13.8 Å². The number of anilines is 1. The Hall–Kier alpha value is -2.91. The van der Waals surface area contributed by atoms with E-state index >= 15 is 0 Å². The number of hydrogen-bond donors (Lipinski definition) is 1. The van der Waals surface area contributed by atoms with Crippen LogP contribution in [0.5, 0.6) is 5.88 Å². The zero-order chi connectivity index (χ0) is 20.4. The van der Waals surface area contributed by atoms with Gasteiger partial charge in [0.1, 0.15) is 23.6 Å². The maximum absolute atomic E-state index is 5.60. The minimum Gasteiger partial charge on any atom is -0.475 e. The molecule has 1 atom stereocenters. The summed E-state index contributed by atoms with van der Waals surface area (Å²) < 4.78 is 11.8. The number of fused-ring (bicyclic) bond motifs is 3. The number of methoxy groups -OCH3 is 1. The Bertz CT molecular complexity index is 1150. The van der Waals surface area contributed by atoms with Crippen LogP contribution in [0.25, 0.3) is 20.4 Å². The minimum absolute atomic E-state index is 0.0248. The van der Waals surface area contributed by atoms with Crippen molar-refractivity contribution in [2.45, 2.75) is 33.4 Å². The van der Waals surface area contributed by atoms with Gasteiger partial charge in [0.15, 0.2) is 0 Å². The summed E-state index contributed by atoms with van der Waals surface area (Å²) in [6, 6.07) is 3.84. The third-order valence-corrected chi connectivity index (χ3v) is 5.86. The highest BCUT2D eigenvalue weighted by atomic mass is 32.1. The van der Waals surface area contributed by atoms with Crippen molar-refractivity contribution < 1.29 is 9.47 Å². The molecule has 0 saturated carbocycles. The molecule has 1 unspecified atom stereocenters. The Morgan fingerprint density at radius 2 is 2.00 bits per heavy atom. The molecule has 0 spiro atoms. The van der Waals surface area contributed by atoms with Gasteiger partial charge in [0.2, 0.25) is 5.88 Å². The molecule has 8 nitrogen and oxygen atoms in total. The second-order valence-corrected chi connectivity index (χ2v) is 7.81. The van der Waals surface area contributed by atoms with Crippen LogP contribution >= 0.6 is 11.3 Å². The first-order valence-corrected chi connectivity index (χ1v) is 10.1. The van der Waals surface area contributed by atoms with Crippen LogP contribution in [-0.2, 0) is 11.3 Å². The Morgan fingerprint density at radius 1 is 1.14 bits per heavy atom. The van der Waals surface area contributed by atoms with Crippen molar-refractivity contribution in [3.63, 3.8) is 0 Å². The lowest BCUT2D eigenvalue weighted by Crippen LogP contribution is -2.16. The van der Waals surface area contributed by atoms with Gasteiger partial charge in [0.25, 0.3) is 0 Å². The molecule has 4 aromatic rings. The van der Waals surface area contributed by atoms with Crippen molar-refractivity contribution in [1.29, 1.82) is 0 Å². The highest BCUT2D eigenvalue weighted by Crippen LogP contribution is 2.36. The molecule has 0 aliphatic rings. The standard InChI is InChI=1S/C20H22N6O2S/c1-11(27-4)9-28-15-6-5-14(7-21-15)8-22-19-18-17(23-10-24-19)16-12(2)13(3)25-26-20(16)29-18/h5-7,10-11H,8-9H2,1-4H3,(H,22,23,24). The van der Waals surface area contributed by atoms with Crippen molar-refractivity contribution in [3.8, 4) is 5.88 Å². The summed E-state index contributed by atoms with van der Waals surface area (Å²) in [6.45, 7) is 7.01. The molecular weight excluding hydrogens is 388 g/mol. The van der Waals surface area contributed by atoms with E-state index in [-0.39, 0.29) is 6.10 Å². The van der Waals surface area contributed by atoms with Gasteiger partial charge < -0.3 is 14.8 Å². The Morgan fingerprint density at radius 3 is 2.76 bits per heavy atom. The summed E-state index contributed by atoms with van der Waals surface area (Å²) >= 11 is 1.55. The number of nitrogens with one attached hydrogen (secondary N) is 1. The predicted octanol–water partition coefficient (Wildman–Crippen LogP) is 3.67. The maximum Gasteiger partial charge on any atom is 0.213 e. The molecule has 0 aliphatic heterocycles. The summed E-state index contributed by atoms with van der Waals surface area (Å²) in [5.41, 5.74) is 3.95. The van der Waals surface area contributed by atoms with E-state index in [1.54, 1.807) is 31.0 Å². The lowest BCUT2D eigenvalue weighted by atomic mass is 10.1. The van der Waals surface area contributed by atoms with E-state index in [2.05, 4.69) is 37.4 Å². The molecule has 0 fully saturated rings. The average Bonchev–Trinajstić information content (AvgIpc) is 3.13. The first-order chi connectivity index (χ1) is 14.1. The zero-order valence-corrected chi connectivity index (χ0v) is 17.6. The molecule has 9 heteroatoms. The van der Waals surface area contributed by atoms with Crippen molar-refractivity contribution in [3.05, 3.63) is 41.5 Å². The van der Waals surface area contributed by atoms with Gasteiger partial charge in [-0.2, -0.15) is 5.10 Å². The fraction of sp³-hybridized carbons (Fsp3) is 0.350. The van der Waals surface area contributed by atoms with Gasteiger partial charge in [-0.1, -0.05) is 6.07 Å². The monoisotopic (exact) mass is 410 g/mol. The van der Waals surface area contributed by atoms with Gasteiger partial charge in [-0.25, -0.2) is 15.0 Å². The van der Waals surface area contributed by atoms with Gasteiger partial charge in [-0.05, 0) is 31.9 Å². The first-order valence-electron chi connectivity index (χ1n) is 9.28. The van der Waals surface area contributed by atoms with E-state index in [0.717, 1.165) is 43.1 Å². The third-order valence-electron chi connectivity index (χ3n) is 4.79. The molecule has 0 radical (unpaired) electrons. The summed E-state index contributed by atoms with van der Waals surface area (Å²) in [4.78, 5) is 14.1. The lowest BCUT2D eigenvalue weighted by Gasteiger charge is -2.11. The second kappa shape index (κ2) is 8.22. The molecule has 0 saturated heterocycles. The fourth-order valence-electron chi connectivity index (χ4n) is 2.87. The van der Waals surface area contributed by atoms with E-state index in [1.165, 1.54) is 0 Å². The molecule has 4 rings (SSSR count). The molecule has 0 aromatic carbocycles. The molecule has 0 bridgehead atoms. The largest absolute Gasteiger partial charge is 0.475 e. The summed E-state index contributed by atoms with van der Waals surface area (Å²) in [6.07, 6.45) is 3.40. The number of hydrogen-bond acceptors (Lipinski definition) is 9. The molecule has 4 heterocycles. The predicted molar refractivity (Wildman–Crippen MR) is 114 cm³/mol. The summed E-state index contributed by atoms with van der Waals surface area (Å²) in [5, 5.41) is 13.0. The van der Waals surface area contributed by atoms with Crippen LogP contribution in [0.4, 0.5) is 5.82 Å². The van der Waals surface area contributed by atoms with Crippen LogP contribution in [0.3, 0.4) is 0 Å². The van der Waals surface area contributed by atoms with Crippen molar-refractivity contribution in [1.82, 2.24) is 25.1 Å². The van der Waals surface area contributed by atoms with Gasteiger partial charge in [0.05, 0.1) is 22.0 Å². The second-order valence-electron chi connectivity index (χ2n) is 6.81. The number of nitrogens with zero attached hydrogens (tertiary/aromatic N) is 5. The van der Waals surface area contributed by atoms with Crippen molar-refractivity contribution >= 4 is 37.6 Å². The van der Waals surface area contributed by atoms with Crippen molar-refractivity contribution in [2.24, 2.45) is 0 Å². The highest BCUT2D eigenvalue weighted by Gasteiger charge is 2.15. The van der Waals surface area contributed by atoms with E-state index in [9.17, 15) is 0 Å². The van der Waals surface area contributed by atoms with E-state index in [4.69, 9.17) is 9.47 Å². The van der Waals surface area contributed by atoms with Crippen molar-refractivity contribution in [2.75, 3.05) is 19.0 Å². The van der Waals surface area contributed by atoms with Crippen LogP contribution in [-0.4, -0.2) is 45.0 Å². The van der Waals surface area contributed by atoms with Gasteiger partial charge >= 0.3 is 0 Å². The Balaban J connectivity index is 1.52. The minimum atomic E-state index is 0.0248. The van der Waals surface area contributed by atoms with Gasteiger partial charge in [-0.3, -0.25) is 0 Å². The fourth-order valence-corrected chi connectivity index (χ4v) is 3.97. The van der Waals surface area contributed by atoms with E-state index in [0.29, 0.717) is 19.0 Å². The molecule has 0 aliphatic carbocycles. The molecule has 0 amide bonds. The number of aromatic nitrogens is 5. The Kier molecular flexibility index (Phi) is 5.50. The lowest BCUT2D eigenvalue weighted by molar-refractivity contribution is 0.0699. The zero-order valence-electron chi connectivity index (χ0n) is 16.8. The average molecular weight is 411 g/mol. The third kappa shape index (κ3) is 3.96. The number of thiophene rings is 1. The number of ether oxygens (including phenoxy) is 2. The Labute approximate surface area is 172 Å². The number of aryl methyl sites for hydroxylation is 2. The van der Waals surface area contributed by atoms with Gasteiger partial charge in [0, 0.05) is 31.3 Å². The SMILES string of the molecule is COC(C)COc1ccc(CNc2ncnc3c2sc2nnc(C)c(C)c23)cn1. The molecule has 29 heavy (non-hydrogen) atoms. The smallest absolute Gasteiger partial charge is 0.213 e. The number of rotatable bonds is 7. The van der Waals surface area contributed by atoms with E-state index < -0.39 is 0 Å². The van der Waals surface area contributed by atoms with E-state index in [1.807, 2.05) is 26.0 Å². The first kappa shape index (κ1) is 19.4. The molecular formula is C20H22N6O2S. The van der Waals surface area contributed by atoms with Crippen LogP contribution in [0.15, 0.2) is 24.7 Å². The quantitative estimate of drug-likeness (QED) is 0.493. The topological polar surface area (TPSA) is 94.9 Å². The molecule has 1 N–H and O–H groups in total. The highest BCUT2D eigenvalue weighted by molar-refractivity contribution is 7.25. The normalized spacial score (nSPS) is 12.4. The summed E-state index contributed by atoms with van der Waals surface area (Å²) in [7, 11) is 1.66. The molecule has 4 aromatic heterocycles. The van der Waals surface area contributed by atoms with Crippen LogP contribution in [0.1, 0.15) is 23.7 Å². The van der Waals surface area contributed by atoms with Crippen LogP contribution < -0.4 is 10.1 Å².